The van der Waals surface area contributed by atoms with Crippen LogP contribution in [0.5, 0.6) is 0 Å². The molecule has 0 spiro atoms. The summed E-state index contributed by atoms with van der Waals surface area (Å²) in [5.74, 6) is 0.784. The van der Waals surface area contributed by atoms with Gasteiger partial charge in [-0.1, -0.05) is 42.5 Å². The van der Waals surface area contributed by atoms with Crippen LogP contribution in [0.4, 0.5) is 0 Å². The van der Waals surface area contributed by atoms with Gasteiger partial charge in [-0.15, -0.1) is 0 Å². The maximum absolute atomic E-state index is 13.1. The number of rotatable bonds is 5. The minimum Gasteiger partial charge on any atom is -0.338 e. The van der Waals surface area contributed by atoms with Crippen LogP contribution in [-0.2, 0) is 6.54 Å². The topological polar surface area (TPSA) is 49.6 Å². The van der Waals surface area contributed by atoms with E-state index in [-0.39, 0.29) is 5.91 Å². The molecule has 0 aliphatic carbocycles. The van der Waals surface area contributed by atoms with Crippen LogP contribution in [-0.4, -0.2) is 48.4 Å². The van der Waals surface area contributed by atoms with Crippen molar-refractivity contribution in [3.8, 4) is 0 Å². The van der Waals surface area contributed by atoms with Gasteiger partial charge in [0, 0.05) is 31.1 Å². The summed E-state index contributed by atoms with van der Waals surface area (Å²) in [4.78, 5) is 17.6. The molecule has 2 heterocycles. The molecule has 4 rings (SSSR count). The largest absolute Gasteiger partial charge is 0.338 e. The van der Waals surface area contributed by atoms with Crippen molar-refractivity contribution < 1.29 is 4.79 Å². The third-order valence-electron chi connectivity index (χ3n) is 6.04. The van der Waals surface area contributed by atoms with Crippen LogP contribution < -0.4 is 5.73 Å². The number of benzene rings is 2. The predicted molar refractivity (Wildman–Crippen MR) is 109 cm³/mol. The predicted octanol–water partition coefficient (Wildman–Crippen LogP) is 3.10. The van der Waals surface area contributed by atoms with Crippen LogP contribution >= 0.6 is 0 Å². The Morgan fingerprint density at radius 3 is 2.52 bits per heavy atom. The Bertz CT molecular complexity index is 770. The van der Waals surface area contributed by atoms with E-state index in [0.29, 0.717) is 18.4 Å². The molecule has 2 fully saturated rings. The van der Waals surface area contributed by atoms with Crippen LogP contribution in [0.25, 0.3) is 0 Å². The molecular weight excluding hydrogens is 334 g/mol. The Balaban J connectivity index is 1.48. The average Bonchev–Trinajstić information content (AvgIpc) is 3.38. The molecular formula is C23H29N3O. The van der Waals surface area contributed by atoms with Crippen LogP contribution in [0.15, 0.2) is 54.6 Å². The van der Waals surface area contributed by atoms with Gasteiger partial charge < -0.3 is 10.6 Å². The third-order valence-corrected chi connectivity index (χ3v) is 6.04. The molecule has 4 nitrogen and oxygen atoms in total. The number of hydrogen-bond acceptors (Lipinski definition) is 3. The van der Waals surface area contributed by atoms with Gasteiger partial charge in [0.15, 0.2) is 0 Å². The lowest BCUT2D eigenvalue weighted by molar-refractivity contribution is 0.0786. The van der Waals surface area contributed by atoms with Gasteiger partial charge in [-0.2, -0.15) is 0 Å². The van der Waals surface area contributed by atoms with Crippen molar-refractivity contribution in [2.75, 3.05) is 32.7 Å². The van der Waals surface area contributed by atoms with Crippen molar-refractivity contribution in [3.63, 3.8) is 0 Å². The van der Waals surface area contributed by atoms with E-state index in [1.165, 1.54) is 37.1 Å². The lowest BCUT2D eigenvalue weighted by Gasteiger charge is -2.18. The van der Waals surface area contributed by atoms with E-state index in [1.807, 2.05) is 23.1 Å². The number of nitrogens with two attached hydrogens (primary N) is 1. The summed E-state index contributed by atoms with van der Waals surface area (Å²) in [5.41, 5.74) is 9.35. The molecule has 2 aromatic rings. The summed E-state index contributed by atoms with van der Waals surface area (Å²) in [7, 11) is 0. The maximum atomic E-state index is 13.1. The fourth-order valence-corrected chi connectivity index (χ4v) is 4.54. The van der Waals surface area contributed by atoms with Crippen LogP contribution in [0.1, 0.15) is 40.2 Å². The average molecular weight is 364 g/mol. The third kappa shape index (κ3) is 4.07. The molecule has 0 bridgehead atoms. The second-order valence-electron chi connectivity index (χ2n) is 7.91. The van der Waals surface area contributed by atoms with Gasteiger partial charge in [-0.25, -0.2) is 0 Å². The Morgan fingerprint density at radius 2 is 1.78 bits per heavy atom. The van der Waals surface area contributed by atoms with Crippen molar-refractivity contribution >= 4 is 5.91 Å². The molecule has 2 aliphatic rings. The highest BCUT2D eigenvalue weighted by Gasteiger charge is 2.35. The number of amides is 1. The van der Waals surface area contributed by atoms with E-state index in [4.69, 9.17) is 5.73 Å². The number of hydrogen-bond donors (Lipinski definition) is 1. The Hall–Kier alpha value is -2.17. The molecule has 142 valence electrons. The number of nitrogens with zero attached hydrogens (tertiary/aromatic N) is 2. The first kappa shape index (κ1) is 18.2. The van der Waals surface area contributed by atoms with E-state index < -0.39 is 0 Å². The molecule has 2 N–H and O–H groups in total. The van der Waals surface area contributed by atoms with Crippen molar-refractivity contribution in [3.05, 3.63) is 71.3 Å². The highest BCUT2D eigenvalue weighted by atomic mass is 16.2. The Kier molecular flexibility index (Phi) is 5.55. The lowest BCUT2D eigenvalue weighted by atomic mass is 9.89. The summed E-state index contributed by atoms with van der Waals surface area (Å²) in [6.45, 7) is 5.38. The van der Waals surface area contributed by atoms with Gasteiger partial charge in [-0.3, -0.25) is 9.69 Å². The normalized spacial score (nSPS) is 23.1. The summed E-state index contributed by atoms with van der Waals surface area (Å²) in [5, 5.41) is 0. The summed E-state index contributed by atoms with van der Waals surface area (Å²) >= 11 is 0. The second-order valence-corrected chi connectivity index (χ2v) is 7.91. The molecule has 2 aliphatic heterocycles. The molecule has 4 heteroatoms. The van der Waals surface area contributed by atoms with E-state index in [9.17, 15) is 4.79 Å². The lowest BCUT2D eigenvalue weighted by Crippen LogP contribution is -2.30. The van der Waals surface area contributed by atoms with Gasteiger partial charge in [-0.05, 0) is 61.7 Å². The van der Waals surface area contributed by atoms with Gasteiger partial charge in [0.05, 0.1) is 0 Å². The van der Waals surface area contributed by atoms with Crippen molar-refractivity contribution in [1.82, 2.24) is 9.80 Å². The van der Waals surface area contributed by atoms with Crippen molar-refractivity contribution in [2.45, 2.75) is 25.3 Å². The Labute approximate surface area is 162 Å². The first-order chi connectivity index (χ1) is 13.2. The molecule has 2 saturated heterocycles. The summed E-state index contributed by atoms with van der Waals surface area (Å²) in [6.07, 6.45) is 2.57. The SMILES string of the molecule is NC[C@@H]1CN(C(=O)c2cccc(CN3CCCC3)c2)C[C@H]1c1ccccc1. The van der Waals surface area contributed by atoms with Gasteiger partial charge in [0.1, 0.15) is 0 Å². The molecule has 0 unspecified atom stereocenters. The van der Waals surface area contributed by atoms with E-state index in [2.05, 4.69) is 41.3 Å². The highest BCUT2D eigenvalue weighted by molar-refractivity contribution is 5.94. The molecule has 2 aromatic carbocycles. The monoisotopic (exact) mass is 363 g/mol. The zero-order valence-corrected chi connectivity index (χ0v) is 15.9. The van der Waals surface area contributed by atoms with Gasteiger partial charge in [0.2, 0.25) is 0 Å². The first-order valence-corrected chi connectivity index (χ1v) is 10.1. The smallest absolute Gasteiger partial charge is 0.253 e. The quantitative estimate of drug-likeness (QED) is 0.888. The minimum atomic E-state index is 0.134. The fourth-order valence-electron chi connectivity index (χ4n) is 4.54. The molecule has 27 heavy (non-hydrogen) atoms. The molecule has 0 aromatic heterocycles. The van der Waals surface area contributed by atoms with Crippen LogP contribution in [0.3, 0.4) is 0 Å². The number of likely N-dealkylation sites (tertiary alicyclic amines) is 2. The van der Waals surface area contributed by atoms with E-state index in [0.717, 1.165) is 25.2 Å². The van der Waals surface area contributed by atoms with Gasteiger partial charge >= 0.3 is 0 Å². The summed E-state index contributed by atoms with van der Waals surface area (Å²) in [6, 6.07) is 18.6. The molecule has 0 radical (unpaired) electrons. The molecule has 2 atom stereocenters. The molecule has 0 saturated carbocycles. The molecule has 1 amide bonds. The maximum Gasteiger partial charge on any atom is 0.253 e. The number of carbonyl (C=O) groups excluding carboxylic acids is 1. The van der Waals surface area contributed by atoms with E-state index >= 15 is 0 Å². The Morgan fingerprint density at radius 1 is 1.00 bits per heavy atom. The summed E-state index contributed by atoms with van der Waals surface area (Å²) < 4.78 is 0. The van der Waals surface area contributed by atoms with Crippen molar-refractivity contribution in [1.29, 1.82) is 0 Å². The second kappa shape index (κ2) is 8.24. The standard InChI is InChI=1S/C23H29N3O/c24-14-21-16-26(17-22(21)19-8-2-1-3-9-19)23(27)20-10-6-7-18(13-20)15-25-11-4-5-12-25/h1-3,6-10,13,21-22H,4-5,11-12,14-17,24H2/t21-,22+/m1/s1. The number of carbonyl (C=O) groups is 1. The highest BCUT2D eigenvalue weighted by Crippen LogP contribution is 2.32. The fraction of sp³-hybridized carbons (Fsp3) is 0.435. The zero-order chi connectivity index (χ0) is 18.6. The minimum absolute atomic E-state index is 0.134. The van der Waals surface area contributed by atoms with E-state index in [1.54, 1.807) is 0 Å². The zero-order valence-electron chi connectivity index (χ0n) is 15.9. The van der Waals surface area contributed by atoms with Gasteiger partial charge in [0.25, 0.3) is 5.91 Å². The van der Waals surface area contributed by atoms with Crippen LogP contribution in [0.2, 0.25) is 0 Å². The van der Waals surface area contributed by atoms with Crippen molar-refractivity contribution in [2.24, 2.45) is 11.7 Å². The first-order valence-electron chi connectivity index (χ1n) is 10.1. The van der Waals surface area contributed by atoms with Crippen LogP contribution in [0, 0.1) is 5.92 Å².